The second kappa shape index (κ2) is 8.30. The molecule has 0 fully saturated rings. The lowest BCUT2D eigenvalue weighted by Gasteiger charge is -2.19. The Labute approximate surface area is 103 Å². The van der Waals surface area contributed by atoms with Gasteiger partial charge in [-0.05, 0) is 19.5 Å². The molecular weight excluding hydrogens is 242 g/mol. The Morgan fingerprint density at radius 2 is 2.00 bits per heavy atom. The molecule has 3 N–H and O–H groups in total. The van der Waals surface area contributed by atoms with Gasteiger partial charge in [0.25, 0.3) is 0 Å². The van der Waals surface area contributed by atoms with Gasteiger partial charge in [0, 0.05) is 18.7 Å². The second-order valence-corrected chi connectivity index (χ2v) is 6.34. The molecule has 102 valence electrons. The van der Waals surface area contributed by atoms with E-state index in [2.05, 4.69) is 10.1 Å². The predicted molar refractivity (Wildman–Crippen MR) is 69.1 cm³/mol. The van der Waals surface area contributed by atoms with E-state index in [1.807, 2.05) is 6.92 Å². The first-order chi connectivity index (χ1) is 7.95. The Balaban J connectivity index is 3.91. The standard InChI is InChI=1S/C10H23N3O3S/c1-3-13(8-6-10(11)12-14)7-5-9-17(15,16)4-2/h14H,3-9H2,1-2H3,(H2,11,12). The average molecular weight is 265 g/mol. The van der Waals surface area contributed by atoms with Crippen molar-refractivity contribution in [2.24, 2.45) is 10.9 Å². The van der Waals surface area contributed by atoms with Crippen molar-refractivity contribution in [3.63, 3.8) is 0 Å². The van der Waals surface area contributed by atoms with E-state index in [9.17, 15) is 8.42 Å². The van der Waals surface area contributed by atoms with Crippen LogP contribution in [0.5, 0.6) is 0 Å². The van der Waals surface area contributed by atoms with Crippen LogP contribution in [0.1, 0.15) is 26.7 Å². The monoisotopic (exact) mass is 265 g/mol. The highest BCUT2D eigenvalue weighted by atomic mass is 32.2. The van der Waals surface area contributed by atoms with Crippen LogP contribution in [0, 0.1) is 0 Å². The summed E-state index contributed by atoms with van der Waals surface area (Å²) in [6.07, 6.45) is 1.12. The summed E-state index contributed by atoms with van der Waals surface area (Å²) in [6, 6.07) is 0. The number of oxime groups is 1. The van der Waals surface area contributed by atoms with E-state index in [4.69, 9.17) is 10.9 Å². The van der Waals surface area contributed by atoms with Gasteiger partial charge in [0.2, 0.25) is 0 Å². The van der Waals surface area contributed by atoms with Gasteiger partial charge in [0.15, 0.2) is 0 Å². The highest BCUT2D eigenvalue weighted by Crippen LogP contribution is 1.98. The third-order valence-electron chi connectivity index (χ3n) is 2.63. The fourth-order valence-corrected chi connectivity index (χ4v) is 2.26. The molecule has 7 heteroatoms. The summed E-state index contributed by atoms with van der Waals surface area (Å²) in [6.45, 7) is 5.88. The first-order valence-corrected chi connectivity index (χ1v) is 7.66. The molecule has 6 nitrogen and oxygen atoms in total. The molecule has 0 amide bonds. The van der Waals surface area contributed by atoms with Crippen molar-refractivity contribution >= 4 is 15.7 Å². The average Bonchev–Trinajstić information content (AvgIpc) is 2.32. The van der Waals surface area contributed by atoms with Gasteiger partial charge >= 0.3 is 0 Å². The molecule has 0 bridgehead atoms. The number of sulfone groups is 1. The normalized spacial score (nSPS) is 13.2. The van der Waals surface area contributed by atoms with E-state index in [0.29, 0.717) is 25.9 Å². The van der Waals surface area contributed by atoms with E-state index < -0.39 is 9.84 Å². The van der Waals surface area contributed by atoms with Gasteiger partial charge in [-0.2, -0.15) is 0 Å². The van der Waals surface area contributed by atoms with Gasteiger partial charge in [-0.15, -0.1) is 0 Å². The maximum Gasteiger partial charge on any atom is 0.150 e. The van der Waals surface area contributed by atoms with Gasteiger partial charge in [-0.1, -0.05) is 19.0 Å². The minimum absolute atomic E-state index is 0.198. The Morgan fingerprint density at radius 3 is 2.47 bits per heavy atom. The lowest BCUT2D eigenvalue weighted by molar-refractivity contribution is 0.290. The minimum atomic E-state index is -2.87. The SMILES string of the molecule is CCN(CCCS(=O)(=O)CC)CCC(N)=NO. The first kappa shape index (κ1) is 16.2. The van der Waals surface area contributed by atoms with Crippen LogP contribution in [0.25, 0.3) is 0 Å². The molecule has 0 radical (unpaired) electrons. The van der Waals surface area contributed by atoms with Crippen molar-refractivity contribution in [2.75, 3.05) is 31.1 Å². The van der Waals surface area contributed by atoms with E-state index in [-0.39, 0.29) is 17.3 Å². The number of nitrogens with two attached hydrogens (primary N) is 1. The van der Waals surface area contributed by atoms with Crippen LogP contribution in [0.15, 0.2) is 5.16 Å². The van der Waals surface area contributed by atoms with Crippen molar-refractivity contribution in [1.82, 2.24) is 4.90 Å². The Bertz CT molecular complexity index is 328. The van der Waals surface area contributed by atoms with E-state index in [1.54, 1.807) is 6.92 Å². The summed E-state index contributed by atoms with van der Waals surface area (Å²) in [5.74, 6) is 0.622. The molecule has 0 heterocycles. The summed E-state index contributed by atoms with van der Waals surface area (Å²) in [5, 5.41) is 11.3. The van der Waals surface area contributed by atoms with E-state index in [0.717, 1.165) is 6.54 Å². The van der Waals surface area contributed by atoms with Crippen LogP contribution in [-0.2, 0) is 9.84 Å². The lowest BCUT2D eigenvalue weighted by Crippen LogP contribution is -2.30. The fourth-order valence-electron chi connectivity index (χ4n) is 1.40. The number of nitrogens with zero attached hydrogens (tertiary/aromatic N) is 2. The zero-order chi connectivity index (χ0) is 13.3. The molecule has 0 atom stereocenters. The highest BCUT2D eigenvalue weighted by molar-refractivity contribution is 7.91. The highest BCUT2D eigenvalue weighted by Gasteiger charge is 2.09. The molecule has 0 rings (SSSR count). The smallest absolute Gasteiger partial charge is 0.150 e. The lowest BCUT2D eigenvalue weighted by atomic mass is 10.3. The number of amidine groups is 1. The van der Waals surface area contributed by atoms with Gasteiger partial charge in [-0.25, -0.2) is 8.42 Å². The summed E-state index contributed by atoms with van der Waals surface area (Å²) in [4.78, 5) is 2.09. The topological polar surface area (TPSA) is 96.0 Å². The summed E-state index contributed by atoms with van der Waals surface area (Å²) in [5.41, 5.74) is 5.37. The molecule has 0 aliphatic rings. The van der Waals surface area contributed by atoms with Crippen LogP contribution in [0.4, 0.5) is 0 Å². The van der Waals surface area contributed by atoms with Crippen LogP contribution in [0.2, 0.25) is 0 Å². The third-order valence-corrected chi connectivity index (χ3v) is 4.42. The fraction of sp³-hybridized carbons (Fsp3) is 0.900. The Kier molecular flexibility index (Phi) is 7.90. The summed E-state index contributed by atoms with van der Waals surface area (Å²) < 4.78 is 22.6. The van der Waals surface area contributed by atoms with Gasteiger partial charge in [0.1, 0.15) is 15.7 Å². The molecule has 0 aliphatic carbocycles. The predicted octanol–water partition coefficient (Wildman–Crippen LogP) is 0.270. The maximum absolute atomic E-state index is 11.3. The van der Waals surface area contributed by atoms with Crippen LogP contribution in [0.3, 0.4) is 0 Å². The molecule has 0 saturated heterocycles. The van der Waals surface area contributed by atoms with Gasteiger partial charge in [-0.3, -0.25) is 0 Å². The molecule has 0 unspecified atom stereocenters. The molecule has 0 saturated carbocycles. The third kappa shape index (κ3) is 7.98. The number of hydrogen-bond donors (Lipinski definition) is 2. The van der Waals surface area contributed by atoms with Crippen molar-refractivity contribution in [3.05, 3.63) is 0 Å². The van der Waals surface area contributed by atoms with Crippen LogP contribution >= 0.6 is 0 Å². The second-order valence-electron chi connectivity index (χ2n) is 3.87. The zero-order valence-electron chi connectivity index (χ0n) is 10.6. The molecule has 0 spiro atoms. The zero-order valence-corrected chi connectivity index (χ0v) is 11.4. The summed E-state index contributed by atoms with van der Waals surface area (Å²) >= 11 is 0. The molecule has 0 aliphatic heterocycles. The van der Waals surface area contributed by atoms with Gasteiger partial charge < -0.3 is 15.8 Å². The molecule has 17 heavy (non-hydrogen) atoms. The Morgan fingerprint density at radius 1 is 1.35 bits per heavy atom. The number of rotatable bonds is 9. The molecular formula is C10H23N3O3S. The van der Waals surface area contributed by atoms with Gasteiger partial charge in [0.05, 0.1) is 5.75 Å². The first-order valence-electron chi connectivity index (χ1n) is 5.84. The molecule has 0 aromatic heterocycles. The Hall–Kier alpha value is -0.820. The van der Waals surface area contributed by atoms with Crippen molar-refractivity contribution < 1.29 is 13.6 Å². The van der Waals surface area contributed by atoms with E-state index in [1.165, 1.54) is 0 Å². The maximum atomic E-state index is 11.3. The van der Waals surface area contributed by atoms with Crippen molar-refractivity contribution in [2.45, 2.75) is 26.7 Å². The largest absolute Gasteiger partial charge is 0.409 e. The quantitative estimate of drug-likeness (QED) is 0.270. The van der Waals surface area contributed by atoms with Crippen molar-refractivity contribution in [1.29, 1.82) is 0 Å². The van der Waals surface area contributed by atoms with Crippen LogP contribution in [-0.4, -0.2) is 55.5 Å². The minimum Gasteiger partial charge on any atom is -0.409 e. The molecule has 0 aromatic carbocycles. The van der Waals surface area contributed by atoms with Crippen LogP contribution < -0.4 is 5.73 Å². The molecule has 0 aromatic rings. The number of hydrogen-bond acceptors (Lipinski definition) is 5. The van der Waals surface area contributed by atoms with E-state index >= 15 is 0 Å². The summed E-state index contributed by atoms with van der Waals surface area (Å²) in [7, 11) is -2.87. The van der Waals surface area contributed by atoms with Crippen molar-refractivity contribution in [3.8, 4) is 0 Å².